The van der Waals surface area contributed by atoms with Gasteiger partial charge in [0.2, 0.25) is 0 Å². The number of rotatable bonds is 4. The van der Waals surface area contributed by atoms with Gasteiger partial charge in [-0.15, -0.1) is 0 Å². The minimum Gasteiger partial charge on any atom is -0.395 e. The Morgan fingerprint density at radius 1 is 1.33 bits per heavy atom. The topological polar surface area (TPSA) is 20.2 Å². The molecule has 0 amide bonds. The van der Waals surface area contributed by atoms with Crippen LogP contribution in [0.25, 0.3) is 0 Å². The average molecular weight is 188 g/mol. The molecule has 0 radical (unpaired) electrons. The van der Waals surface area contributed by atoms with Crippen LogP contribution in [0.2, 0.25) is 0 Å². The third-order valence-corrected chi connectivity index (χ3v) is 3.98. The summed E-state index contributed by atoms with van der Waals surface area (Å²) in [5.74, 6) is 2.21. The minimum atomic E-state index is 0.331. The number of hydrogen-bond acceptors (Lipinski definition) is 2. The van der Waals surface area contributed by atoms with Crippen molar-refractivity contribution in [3.63, 3.8) is 0 Å². The fourth-order valence-electron chi connectivity index (χ4n) is 1.71. The van der Waals surface area contributed by atoms with E-state index in [9.17, 15) is 0 Å². The molecular formula is C10H20OS. The summed E-state index contributed by atoms with van der Waals surface area (Å²) in [6.45, 7) is 2.44. The van der Waals surface area contributed by atoms with Gasteiger partial charge in [0, 0.05) is 5.25 Å². The van der Waals surface area contributed by atoms with Crippen LogP contribution in [0.5, 0.6) is 0 Å². The molecular weight excluding hydrogens is 168 g/mol. The van der Waals surface area contributed by atoms with Gasteiger partial charge in [-0.1, -0.05) is 26.2 Å². The van der Waals surface area contributed by atoms with E-state index in [1.807, 2.05) is 11.8 Å². The number of aliphatic hydroxyl groups is 1. The van der Waals surface area contributed by atoms with Crippen LogP contribution in [-0.4, -0.2) is 22.7 Å². The van der Waals surface area contributed by atoms with Gasteiger partial charge in [-0.3, -0.25) is 0 Å². The summed E-state index contributed by atoms with van der Waals surface area (Å²) < 4.78 is 0. The standard InChI is InChI=1S/C10H20OS/c1-9(7-11)12-8-10-5-3-2-4-6-10/h9-11H,2-8H2,1H3. The van der Waals surface area contributed by atoms with E-state index < -0.39 is 0 Å². The van der Waals surface area contributed by atoms with Crippen LogP contribution in [0, 0.1) is 5.92 Å². The Balaban J connectivity index is 2.05. The molecule has 1 rings (SSSR count). The average Bonchev–Trinajstić information content (AvgIpc) is 2.16. The van der Waals surface area contributed by atoms with Crippen LogP contribution in [-0.2, 0) is 0 Å². The molecule has 2 heteroatoms. The predicted octanol–water partition coefficient (Wildman–Crippen LogP) is 2.68. The van der Waals surface area contributed by atoms with Crippen LogP contribution < -0.4 is 0 Å². The van der Waals surface area contributed by atoms with Crippen molar-refractivity contribution in [3.05, 3.63) is 0 Å². The maximum absolute atomic E-state index is 8.84. The fraction of sp³-hybridized carbons (Fsp3) is 1.00. The summed E-state index contributed by atoms with van der Waals surface area (Å²) in [6.07, 6.45) is 7.14. The van der Waals surface area contributed by atoms with Gasteiger partial charge in [0.15, 0.2) is 0 Å². The Bertz CT molecular complexity index is 110. The molecule has 72 valence electrons. The highest BCUT2D eigenvalue weighted by Gasteiger charge is 2.14. The van der Waals surface area contributed by atoms with E-state index in [1.165, 1.54) is 37.9 Å². The molecule has 1 aliphatic carbocycles. The van der Waals surface area contributed by atoms with Gasteiger partial charge in [-0.05, 0) is 24.5 Å². The lowest BCUT2D eigenvalue weighted by molar-refractivity contribution is 0.299. The Labute approximate surface area is 79.9 Å². The molecule has 1 atom stereocenters. The van der Waals surface area contributed by atoms with Crippen molar-refractivity contribution in [2.45, 2.75) is 44.3 Å². The molecule has 0 spiro atoms. The van der Waals surface area contributed by atoms with Crippen molar-refractivity contribution < 1.29 is 5.11 Å². The molecule has 0 aliphatic heterocycles. The van der Waals surface area contributed by atoms with Crippen LogP contribution in [0.4, 0.5) is 0 Å². The Morgan fingerprint density at radius 2 is 2.00 bits per heavy atom. The Kier molecular flexibility index (Phi) is 5.08. The Morgan fingerprint density at radius 3 is 2.58 bits per heavy atom. The van der Waals surface area contributed by atoms with E-state index in [2.05, 4.69) is 6.92 Å². The molecule has 0 aromatic rings. The quantitative estimate of drug-likeness (QED) is 0.732. The third-order valence-electron chi connectivity index (χ3n) is 2.60. The highest BCUT2D eigenvalue weighted by Crippen LogP contribution is 2.27. The first-order valence-electron chi connectivity index (χ1n) is 5.05. The molecule has 1 N–H and O–H groups in total. The second-order valence-corrected chi connectivity index (χ2v) is 5.30. The summed E-state index contributed by atoms with van der Waals surface area (Å²) in [6, 6.07) is 0. The number of hydrogen-bond donors (Lipinski definition) is 1. The van der Waals surface area contributed by atoms with Crippen LogP contribution >= 0.6 is 11.8 Å². The lowest BCUT2D eigenvalue weighted by atomic mass is 9.91. The molecule has 12 heavy (non-hydrogen) atoms. The lowest BCUT2D eigenvalue weighted by Crippen LogP contribution is -2.12. The highest BCUT2D eigenvalue weighted by molar-refractivity contribution is 7.99. The maximum atomic E-state index is 8.84. The summed E-state index contributed by atoms with van der Waals surface area (Å²) in [7, 11) is 0. The SMILES string of the molecule is CC(CO)SCC1CCCCC1. The van der Waals surface area contributed by atoms with Crippen LogP contribution in [0.1, 0.15) is 39.0 Å². The maximum Gasteiger partial charge on any atom is 0.0547 e. The molecule has 1 fully saturated rings. The van der Waals surface area contributed by atoms with Crippen molar-refractivity contribution in [1.29, 1.82) is 0 Å². The molecule has 1 saturated carbocycles. The van der Waals surface area contributed by atoms with Gasteiger partial charge in [-0.25, -0.2) is 0 Å². The first kappa shape index (κ1) is 10.4. The zero-order chi connectivity index (χ0) is 8.81. The van der Waals surface area contributed by atoms with Gasteiger partial charge < -0.3 is 5.11 Å². The second-order valence-electron chi connectivity index (χ2n) is 3.83. The van der Waals surface area contributed by atoms with Gasteiger partial charge in [0.1, 0.15) is 0 Å². The summed E-state index contributed by atoms with van der Waals surface area (Å²) in [5, 5.41) is 9.28. The van der Waals surface area contributed by atoms with Crippen molar-refractivity contribution in [2.24, 2.45) is 5.92 Å². The molecule has 1 nitrogen and oxygen atoms in total. The molecule has 0 heterocycles. The van der Waals surface area contributed by atoms with E-state index in [0.717, 1.165) is 5.92 Å². The number of thioether (sulfide) groups is 1. The molecule has 1 unspecified atom stereocenters. The monoisotopic (exact) mass is 188 g/mol. The van der Waals surface area contributed by atoms with Crippen LogP contribution in [0.15, 0.2) is 0 Å². The van der Waals surface area contributed by atoms with Crippen molar-refractivity contribution in [3.8, 4) is 0 Å². The second kappa shape index (κ2) is 5.87. The largest absolute Gasteiger partial charge is 0.395 e. The highest BCUT2D eigenvalue weighted by atomic mass is 32.2. The van der Waals surface area contributed by atoms with Gasteiger partial charge >= 0.3 is 0 Å². The molecule has 1 aliphatic rings. The van der Waals surface area contributed by atoms with E-state index >= 15 is 0 Å². The smallest absolute Gasteiger partial charge is 0.0547 e. The summed E-state index contributed by atoms with van der Waals surface area (Å²) >= 11 is 1.93. The summed E-state index contributed by atoms with van der Waals surface area (Å²) in [4.78, 5) is 0. The molecule has 0 aromatic carbocycles. The van der Waals surface area contributed by atoms with Crippen molar-refractivity contribution in [2.75, 3.05) is 12.4 Å². The zero-order valence-corrected chi connectivity index (χ0v) is 8.78. The summed E-state index contributed by atoms with van der Waals surface area (Å²) in [5.41, 5.74) is 0. The van der Waals surface area contributed by atoms with Gasteiger partial charge in [0.25, 0.3) is 0 Å². The van der Waals surface area contributed by atoms with Gasteiger partial charge in [0.05, 0.1) is 6.61 Å². The van der Waals surface area contributed by atoms with Crippen molar-refractivity contribution >= 4 is 11.8 Å². The van der Waals surface area contributed by atoms with Crippen molar-refractivity contribution in [1.82, 2.24) is 0 Å². The third kappa shape index (κ3) is 3.81. The molecule has 0 bridgehead atoms. The molecule has 0 aromatic heterocycles. The fourth-order valence-corrected chi connectivity index (χ4v) is 2.75. The normalized spacial score (nSPS) is 22.5. The Hall–Kier alpha value is 0.310. The molecule has 0 saturated heterocycles. The van der Waals surface area contributed by atoms with Gasteiger partial charge in [-0.2, -0.15) is 11.8 Å². The first-order valence-corrected chi connectivity index (χ1v) is 6.10. The van der Waals surface area contributed by atoms with E-state index in [1.54, 1.807) is 0 Å². The number of aliphatic hydroxyl groups excluding tert-OH is 1. The van der Waals surface area contributed by atoms with E-state index in [0.29, 0.717) is 11.9 Å². The zero-order valence-electron chi connectivity index (χ0n) is 7.96. The van der Waals surface area contributed by atoms with Crippen LogP contribution in [0.3, 0.4) is 0 Å². The minimum absolute atomic E-state index is 0.331. The predicted molar refractivity (Wildman–Crippen MR) is 55.6 cm³/mol. The van der Waals surface area contributed by atoms with E-state index in [4.69, 9.17) is 5.11 Å². The lowest BCUT2D eigenvalue weighted by Gasteiger charge is -2.22. The first-order chi connectivity index (χ1) is 5.83. The van der Waals surface area contributed by atoms with E-state index in [-0.39, 0.29) is 0 Å².